The van der Waals surface area contributed by atoms with Crippen molar-refractivity contribution in [2.24, 2.45) is 0 Å². The van der Waals surface area contributed by atoms with Gasteiger partial charge in [-0.15, -0.1) is 0 Å². The highest BCUT2D eigenvalue weighted by molar-refractivity contribution is 6.33. The summed E-state index contributed by atoms with van der Waals surface area (Å²) < 4.78 is 0. The molecule has 0 aliphatic heterocycles. The van der Waals surface area contributed by atoms with Crippen LogP contribution in [0.25, 0.3) is 11.3 Å². The van der Waals surface area contributed by atoms with Gasteiger partial charge in [-0.25, -0.2) is 4.98 Å². The molecule has 3 rings (SSSR count). The minimum Gasteiger partial charge on any atom is -0.508 e. The zero-order chi connectivity index (χ0) is 18.4. The Labute approximate surface area is 155 Å². The Morgan fingerprint density at radius 3 is 2.73 bits per heavy atom. The lowest BCUT2D eigenvalue weighted by Gasteiger charge is -2.12. The molecule has 3 aromatic rings. The van der Waals surface area contributed by atoms with Gasteiger partial charge in [0.1, 0.15) is 11.6 Å². The third kappa shape index (κ3) is 4.59. The Bertz CT molecular complexity index is 877. The van der Waals surface area contributed by atoms with Crippen LogP contribution in [0.5, 0.6) is 5.75 Å². The standard InChI is InChI=1S/C18H18ClN5O2/c19-14-9-13(26)4-5-15(14)22-17-10-16(12-3-1-6-20-11-12)23-18(24-17)21-7-2-8-25/h1,3-6,9-11,25-26H,2,7-8H2,(H2,21,22,23,24). The molecule has 8 heteroatoms. The lowest BCUT2D eigenvalue weighted by atomic mass is 10.2. The largest absolute Gasteiger partial charge is 0.508 e. The molecule has 0 saturated carbocycles. The van der Waals surface area contributed by atoms with Gasteiger partial charge in [-0.1, -0.05) is 11.6 Å². The quantitative estimate of drug-likeness (QED) is 0.372. The average Bonchev–Trinajstić information content (AvgIpc) is 2.65. The summed E-state index contributed by atoms with van der Waals surface area (Å²) in [4.78, 5) is 13.1. The average molecular weight is 372 g/mol. The molecule has 0 amide bonds. The van der Waals surface area contributed by atoms with E-state index in [9.17, 15) is 5.11 Å². The molecule has 0 aliphatic carbocycles. The number of anilines is 3. The van der Waals surface area contributed by atoms with Crippen molar-refractivity contribution in [3.63, 3.8) is 0 Å². The number of rotatable bonds is 7. The highest BCUT2D eigenvalue weighted by Crippen LogP contribution is 2.29. The number of aliphatic hydroxyl groups is 1. The molecule has 134 valence electrons. The van der Waals surface area contributed by atoms with Gasteiger partial charge >= 0.3 is 0 Å². The van der Waals surface area contributed by atoms with Crippen LogP contribution in [0.2, 0.25) is 5.02 Å². The first-order chi connectivity index (χ1) is 12.7. The SMILES string of the molecule is OCCCNc1nc(Nc2ccc(O)cc2Cl)cc(-c2cccnc2)n1. The van der Waals surface area contributed by atoms with Gasteiger partial charge in [0.05, 0.1) is 16.4 Å². The van der Waals surface area contributed by atoms with E-state index in [4.69, 9.17) is 16.7 Å². The van der Waals surface area contributed by atoms with Gasteiger partial charge in [0.15, 0.2) is 0 Å². The molecule has 0 unspecified atom stereocenters. The van der Waals surface area contributed by atoms with Gasteiger partial charge < -0.3 is 20.8 Å². The normalized spacial score (nSPS) is 10.5. The summed E-state index contributed by atoms with van der Waals surface area (Å²) in [6.45, 7) is 0.635. The Morgan fingerprint density at radius 2 is 2.00 bits per heavy atom. The lowest BCUT2D eigenvalue weighted by Crippen LogP contribution is -2.08. The van der Waals surface area contributed by atoms with Crippen molar-refractivity contribution in [2.75, 3.05) is 23.8 Å². The van der Waals surface area contributed by atoms with Crippen molar-refractivity contribution in [3.8, 4) is 17.0 Å². The molecule has 2 heterocycles. The molecule has 0 spiro atoms. The van der Waals surface area contributed by atoms with E-state index in [1.54, 1.807) is 24.5 Å². The molecule has 0 atom stereocenters. The number of aromatic hydroxyl groups is 1. The first-order valence-electron chi connectivity index (χ1n) is 8.05. The van der Waals surface area contributed by atoms with Crippen LogP contribution in [-0.4, -0.2) is 38.3 Å². The molecular weight excluding hydrogens is 354 g/mol. The maximum Gasteiger partial charge on any atom is 0.225 e. The molecule has 1 aromatic carbocycles. The number of aromatic nitrogens is 3. The van der Waals surface area contributed by atoms with Gasteiger partial charge in [-0.3, -0.25) is 4.98 Å². The first-order valence-corrected chi connectivity index (χ1v) is 8.43. The van der Waals surface area contributed by atoms with Crippen LogP contribution in [0, 0.1) is 0 Å². The summed E-state index contributed by atoms with van der Waals surface area (Å²) in [6.07, 6.45) is 4.00. The Morgan fingerprint density at radius 1 is 1.12 bits per heavy atom. The van der Waals surface area contributed by atoms with E-state index in [-0.39, 0.29) is 12.4 Å². The number of nitrogens with one attached hydrogen (secondary N) is 2. The molecule has 0 bridgehead atoms. The van der Waals surface area contributed by atoms with E-state index >= 15 is 0 Å². The number of pyridine rings is 1. The van der Waals surface area contributed by atoms with Crippen LogP contribution in [0.4, 0.5) is 17.5 Å². The summed E-state index contributed by atoms with van der Waals surface area (Å²) >= 11 is 6.16. The second-order valence-corrected chi connectivity index (χ2v) is 5.90. The predicted octanol–water partition coefficient (Wildman–Crippen LogP) is 3.44. The zero-order valence-electron chi connectivity index (χ0n) is 13.9. The Balaban J connectivity index is 1.93. The maximum atomic E-state index is 9.49. The highest BCUT2D eigenvalue weighted by atomic mass is 35.5. The number of hydrogen-bond donors (Lipinski definition) is 4. The topological polar surface area (TPSA) is 103 Å². The number of aliphatic hydroxyl groups excluding tert-OH is 1. The lowest BCUT2D eigenvalue weighted by molar-refractivity contribution is 0.292. The number of phenolic OH excluding ortho intramolecular Hbond substituents is 1. The van der Waals surface area contributed by atoms with E-state index in [1.807, 2.05) is 12.1 Å². The third-order valence-electron chi connectivity index (χ3n) is 3.52. The molecule has 26 heavy (non-hydrogen) atoms. The molecule has 0 fully saturated rings. The predicted molar refractivity (Wildman–Crippen MR) is 102 cm³/mol. The van der Waals surface area contributed by atoms with Crippen molar-refractivity contribution in [1.29, 1.82) is 0 Å². The van der Waals surface area contributed by atoms with Crippen molar-refractivity contribution in [1.82, 2.24) is 15.0 Å². The van der Waals surface area contributed by atoms with Crippen LogP contribution in [-0.2, 0) is 0 Å². The van der Waals surface area contributed by atoms with E-state index in [0.29, 0.717) is 41.1 Å². The van der Waals surface area contributed by atoms with Crippen molar-refractivity contribution < 1.29 is 10.2 Å². The van der Waals surface area contributed by atoms with Crippen LogP contribution >= 0.6 is 11.6 Å². The van der Waals surface area contributed by atoms with Gasteiger partial charge in [0, 0.05) is 43.2 Å². The van der Waals surface area contributed by atoms with Crippen molar-refractivity contribution in [3.05, 3.63) is 53.8 Å². The maximum absolute atomic E-state index is 9.49. The number of hydrogen-bond acceptors (Lipinski definition) is 7. The minimum atomic E-state index is 0.0868. The van der Waals surface area contributed by atoms with Crippen LogP contribution in [0.1, 0.15) is 6.42 Å². The van der Waals surface area contributed by atoms with Gasteiger partial charge in [0.2, 0.25) is 5.95 Å². The number of nitrogens with zero attached hydrogens (tertiary/aromatic N) is 3. The summed E-state index contributed by atoms with van der Waals surface area (Å²) in [7, 11) is 0. The highest BCUT2D eigenvalue weighted by Gasteiger charge is 2.09. The summed E-state index contributed by atoms with van der Waals surface area (Å²) in [6, 6.07) is 10.2. The Hall–Kier alpha value is -2.90. The fraction of sp³-hybridized carbons (Fsp3) is 0.167. The monoisotopic (exact) mass is 371 g/mol. The zero-order valence-corrected chi connectivity index (χ0v) is 14.6. The fourth-order valence-electron chi connectivity index (χ4n) is 2.28. The van der Waals surface area contributed by atoms with Gasteiger partial charge in [-0.2, -0.15) is 4.98 Å². The van der Waals surface area contributed by atoms with Crippen LogP contribution < -0.4 is 10.6 Å². The second-order valence-electron chi connectivity index (χ2n) is 5.50. The molecule has 4 N–H and O–H groups in total. The fourth-order valence-corrected chi connectivity index (χ4v) is 2.50. The summed E-state index contributed by atoms with van der Waals surface area (Å²) in [5.41, 5.74) is 2.15. The van der Waals surface area contributed by atoms with E-state index in [1.165, 1.54) is 12.1 Å². The van der Waals surface area contributed by atoms with E-state index in [0.717, 1.165) is 5.56 Å². The smallest absolute Gasteiger partial charge is 0.225 e. The van der Waals surface area contributed by atoms with Crippen molar-refractivity contribution in [2.45, 2.75) is 6.42 Å². The minimum absolute atomic E-state index is 0.0868. The molecule has 0 radical (unpaired) electrons. The number of halogens is 1. The molecule has 0 saturated heterocycles. The Kier molecular flexibility index (Phi) is 5.83. The molecule has 0 aliphatic rings. The van der Waals surface area contributed by atoms with E-state index in [2.05, 4.69) is 25.6 Å². The number of benzene rings is 1. The van der Waals surface area contributed by atoms with Gasteiger partial charge in [0.25, 0.3) is 0 Å². The van der Waals surface area contributed by atoms with Crippen LogP contribution in [0.15, 0.2) is 48.8 Å². The molecule has 7 nitrogen and oxygen atoms in total. The molecular formula is C18H18ClN5O2. The van der Waals surface area contributed by atoms with Crippen LogP contribution in [0.3, 0.4) is 0 Å². The summed E-state index contributed by atoms with van der Waals surface area (Å²) in [5.74, 6) is 1.06. The van der Waals surface area contributed by atoms with Gasteiger partial charge in [-0.05, 0) is 30.7 Å². The second kappa shape index (κ2) is 8.46. The molecule has 2 aromatic heterocycles. The number of phenols is 1. The van der Waals surface area contributed by atoms with Crippen molar-refractivity contribution >= 4 is 29.1 Å². The van der Waals surface area contributed by atoms with E-state index < -0.39 is 0 Å². The first kappa shape index (κ1) is 17.9. The summed E-state index contributed by atoms with van der Waals surface area (Å²) in [5, 5.41) is 25.0. The third-order valence-corrected chi connectivity index (χ3v) is 3.83.